The van der Waals surface area contributed by atoms with Crippen LogP contribution >= 0.6 is 0 Å². The second-order valence-electron chi connectivity index (χ2n) is 4.80. The number of Topliss-reactive ketones (excluding diaryl/α,β-unsaturated/α-hetero) is 2. The maximum atomic E-state index is 12.1. The lowest BCUT2D eigenvalue weighted by Crippen LogP contribution is -2.23. The van der Waals surface area contributed by atoms with Crippen LogP contribution in [-0.2, 0) is 16.0 Å². The third-order valence-electron chi connectivity index (χ3n) is 3.19. The Hall–Kier alpha value is -2.17. The van der Waals surface area contributed by atoms with Crippen molar-refractivity contribution in [2.45, 2.75) is 19.8 Å². The maximum absolute atomic E-state index is 12.1. The van der Waals surface area contributed by atoms with Crippen molar-refractivity contribution < 1.29 is 19.5 Å². The Labute approximate surface area is 110 Å². The highest BCUT2D eigenvalue weighted by Crippen LogP contribution is 2.23. The zero-order valence-electron chi connectivity index (χ0n) is 10.6. The van der Waals surface area contributed by atoms with Gasteiger partial charge in [-0.3, -0.25) is 14.4 Å². The molecule has 0 radical (unpaired) electrons. The molecule has 1 aliphatic heterocycles. The number of carboxylic acid groups (broad SMARTS) is 1. The number of aliphatic carboxylic acids is 1. The molecule has 1 aromatic rings. The second kappa shape index (κ2) is 5.22. The molecule has 1 aromatic carbocycles. The molecule has 5 heteroatoms. The molecule has 0 aliphatic carbocycles. The first-order valence-corrected chi connectivity index (χ1v) is 6.12. The van der Waals surface area contributed by atoms with Crippen LogP contribution in [0.25, 0.3) is 0 Å². The van der Waals surface area contributed by atoms with Gasteiger partial charge in [0.2, 0.25) is 0 Å². The molecule has 0 saturated carbocycles. The van der Waals surface area contributed by atoms with E-state index in [0.29, 0.717) is 12.0 Å². The van der Waals surface area contributed by atoms with Crippen LogP contribution in [0.4, 0.5) is 5.69 Å². The van der Waals surface area contributed by atoms with E-state index in [9.17, 15) is 14.4 Å². The highest BCUT2D eigenvalue weighted by atomic mass is 16.4. The topological polar surface area (TPSA) is 83.5 Å². The molecule has 0 amide bonds. The van der Waals surface area contributed by atoms with Crippen LogP contribution in [0.15, 0.2) is 18.2 Å². The molecule has 2 rings (SSSR count). The van der Waals surface area contributed by atoms with Gasteiger partial charge in [-0.1, -0.05) is 19.1 Å². The third-order valence-corrected chi connectivity index (χ3v) is 3.19. The van der Waals surface area contributed by atoms with E-state index in [4.69, 9.17) is 5.11 Å². The molecule has 1 unspecified atom stereocenters. The molecular formula is C14H15NO4. The van der Waals surface area contributed by atoms with Gasteiger partial charge in [0.15, 0.2) is 11.6 Å². The molecule has 2 N–H and O–H groups in total. The van der Waals surface area contributed by atoms with E-state index < -0.39 is 11.9 Å². The summed E-state index contributed by atoms with van der Waals surface area (Å²) in [5, 5.41) is 11.7. The predicted molar refractivity (Wildman–Crippen MR) is 69.4 cm³/mol. The first-order valence-electron chi connectivity index (χ1n) is 6.12. The van der Waals surface area contributed by atoms with Gasteiger partial charge in [0.05, 0.1) is 13.0 Å². The summed E-state index contributed by atoms with van der Waals surface area (Å²) in [6.45, 7) is 1.88. The second-order valence-corrected chi connectivity index (χ2v) is 4.80. The fourth-order valence-corrected chi connectivity index (χ4v) is 2.16. The molecule has 0 aromatic heterocycles. The van der Waals surface area contributed by atoms with Gasteiger partial charge in [-0.25, -0.2) is 0 Å². The van der Waals surface area contributed by atoms with E-state index in [2.05, 4.69) is 5.32 Å². The lowest BCUT2D eigenvalue weighted by Gasteiger charge is -2.18. The average molecular weight is 261 g/mol. The fourth-order valence-electron chi connectivity index (χ4n) is 2.16. The lowest BCUT2D eigenvalue weighted by atomic mass is 9.93. The Morgan fingerprint density at radius 3 is 2.84 bits per heavy atom. The smallest absolute Gasteiger partial charge is 0.304 e. The van der Waals surface area contributed by atoms with E-state index >= 15 is 0 Å². The number of benzene rings is 1. The molecule has 1 atom stereocenters. The van der Waals surface area contributed by atoms with Gasteiger partial charge < -0.3 is 10.4 Å². The van der Waals surface area contributed by atoms with E-state index in [0.717, 1.165) is 11.3 Å². The Bertz CT molecular complexity index is 550. The number of fused-ring (bicyclic) bond motifs is 1. The normalized spacial score (nSPS) is 15.3. The van der Waals surface area contributed by atoms with Gasteiger partial charge in [-0.05, 0) is 11.6 Å². The largest absolute Gasteiger partial charge is 0.481 e. The van der Waals surface area contributed by atoms with Crippen molar-refractivity contribution in [3.63, 3.8) is 0 Å². The Morgan fingerprint density at radius 1 is 1.42 bits per heavy atom. The summed E-state index contributed by atoms with van der Waals surface area (Å²) < 4.78 is 0. The predicted octanol–water partition coefficient (Wildman–Crippen LogP) is 1.52. The Morgan fingerprint density at radius 2 is 2.16 bits per heavy atom. The van der Waals surface area contributed by atoms with Crippen molar-refractivity contribution >= 4 is 23.2 Å². The monoisotopic (exact) mass is 261 g/mol. The minimum absolute atomic E-state index is 0.117. The minimum Gasteiger partial charge on any atom is -0.481 e. The van der Waals surface area contributed by atoms with E-state index in [1.54, 1.807) is 25.1 Å². The number of rotatable bonds is 4. The number of nitrogens with one attached hydrogen (secondary N) is 1. The quantitative estimate of drug-likeness (QED) is 0.803. The van der Waals surface area contributed by atoms with Gasteiger partial charge in [-0.2, -0.15) is 0 Å². The summed E-state index contributed by atoms with van der Waals surface area (Å²) in [4.78, 5) is 34.0. The van der Waals surface area contributed by atoms with Crippen molar-refractivity contribution in [3.05, 3.63) is 29.3 Å². The number of ketones is 2. The Kier molecular flexibility index (Phi) is 3.64. The zero-order valence-corrected chi connectivity index (χ0v) is 10.6. The summed E-state index contributed by atoms with van der Waals surface area (Å²) in [5.74, 6) is -1.61. The van der Waals surface area contributed by atoms with Crippen LogP contribution in [-0.4, -0.2) is 29.2 Å². The SMILES string of the molecule is CC(CC(=O)O)C(=O)c1ccc2c(c1)NCC(=O)C2. The molecule has 1 heterocycles. The summed E-state index contributed by atoms with van der Waals surface area (Å²) in [7, 11) is 0. The molecule has 0 saturated heterocycles. The number of carbonyl (C=O) groups is 3. The van der Waals surface area contributed by atoms with Crippen molar-refractivity contribution in [2.24, 2.45) is 5.92 Å². The van der Waals surface area contributed by atoms with Gasteiger partial charge in [0.25, 0.3) is 0 Å². The van der Waals surface area contributed by atoms with Gasteiger partial charge in [0, 0.05) is 23.6 Å². The van der Waals surface area contributed by atoms with Crippen LogP contribution in [0.5, 0.6) is 0 Å². The van der Waals surface area contributed by atoms with Crippen LogP contribution in [0.3, 0.4) is 0 Å². The first kappa shape index (κ1) is 13.3. The number of anilines is 1. The third kappa shape index (κ3) is 2.99. The van der Waals surface area contributed by atoms with Crippen molar-refractivity contribution in [1.82, 2.24) is 0 Å². The molecule has 0 fully saturated rings. The molecule has 0 bridgehead atoms. The van der Waals surface area contributed by atoms with Crippen LogP contribution in [0.1, 0.15) is 29.3 Å². The van der Waals surface area contributed by atoms with Gasteiger partial charge in [0.1, 0.15) is 0 Å². The number of hydrogen-bond acceptors (Lipinski definition) is 4. The van der Waals surface area contributed by atoms with E-state index in [1.165, 1.54) is 0 Å². The van der Waals surface area contributed by atoms with E-state index in [1.807, 2.05) is 0 Å². The van der Waals surface area contributed by atoms with Crippen molar-refractivity contribution in [3.8, 4) is 0 Å². The van der Waals surface area contributed by atoms with Gasteiger partial charge >= 0.3 is 5.97 Å². The van der Waals surface area contributed by atoms with Crippen molar-refractivity contribution in [2.75, 3.05) is 11.9 Å². The maximum Gasteiger partial charge on any atom is 0.304 e. The fraction of sp³-hybridized carbons (Fsp3) is 0.357. The standard InChI is InChI=1S/C14H15NO4/c1-8(4-13(17)18)14(19)10-3-2-9-5-11(16)7-15-12(9)6-10/h2-3,6,8,15H,4-5,7H2,1H3,(H,17,18). The van der Waals surface area contributed by atoms with Crippen LogP contribution < -0.4 is 5.32 Å². The number of hydrogen-bond donors (Lipinski definition) is 2. The minimum atomic E-state index is -0.984. The summed E-state index contributed by atoms with van der Waals surface area (Å²) in [6.07, 6.45) is 0.198. The molecule has 0 spiro atoms. The molecule has 19 heavy (non-hydrogen) atoms. The van der Waals surface area contributed by atoms with Crippen molar-refractivity contribution in [1.29, 1.82) is 0 Å². The highest BCUT2D eigenvalue weighted by molar-refractivity contribution is 6.00. The van der Waals surface area contributed by atoms with E-state index in [-0.39, 0.29) is 24.5 Å². The summed E-state index contributed by atoms with van der Waals surface area (Å²) in [6, 6.07) is 5.10. The summed E-state index contributed by atoms with van der Waals surface area (Å²) >= 11 is 0. The number of carbonyl (C=O) groups excluding carboxylic acids is 2. The van der Waals surface area contributed by atoms with Crippen LogP contribution in [0.2, 0.25) is 0 Å². The molecule has 100 valence electrons. The van der Waals surface area contributed by atoms with Gasteiger partial charge in [-0.15, -0.1) is 0 Å². The first-order chi connectivity index (χ1) is 8.97. The average Bonchev–Trinajstić information content (AvgIpc) is 2.36. The lowest BCUT2D eigenvalue weighted by molar-refractivity contribution is -0.137. The highest BCUT2D eigenvalue weighted by Gasteiger charge is 2.21. The molecule has 5 nitrogen and oxygen atoms in total. The Balaban J connectivity index is 2.20. The summed E-state index contributed by atoms with van der Waals surface area (Å²) in [5.41, 5.74) is 2.14. The van der Waals surface area contributed by atoms with Crippen LogP contribution in [0, 0.1) is 5.92 Å². The molecule has 1 aliphatic rings. The zero-order chi connectivity index (χ0) is 14.0. The molecular weight excluding hydrogens is 246 g/mol. The number of carboxylic acids is 1.